The monoisotopic (exact) mass is 1430 g/mol. The van der Waals surface area contributed by atoms with Gasteiger partial charge >= 0.3 is 0 Å². The van der Waals surface area contributed by atoms with E-state index in [4.69, 9.17) is 30.3 Å². The highest BCUT2D eigenvalue weighted by atomic mass is 32.1. The summed E-state index contributed by atoms with van der Waals surface area (Å²) in [6.45, 7) is 3.74. The Hall–Kier alpha value is -7.63. The topological polar surface area (TPSA) is 459 Å². The highest BCUT2D eigenvalue weighted by Gasteiger charge is 2.50. The van der Waals surface area contributed by atoms with Crippen LogP contribution in [0.1, 0.15) is 120 Å². The molecule has 13 atom stereocenters. The molecule has 4 saturated heterocycles. The Bertz CT molecular complexity index is 3450. The van der Waals surface area contributed by atoms with Gasteiger partial charge in [-0.25, -0.2) is 9.97 Å². The number of anilines is 1. The summed E-state index contributed by atoms with van der Waals surface area (Å²) in [7, 11) is 0. The van der Waals surface area contributed by atoms with Crippen LogP contribution in [0.3, 0.4) is 0 Å². The predicted molar refractivity (Wildman–Crippen MR) is 367 cm³/mol. The van der Waals surface area contributed by atoms with E-state index in [0.29, 0.717) is 24.9 Å². The highest BCUT2D eigenvalue weighted by molar-refractivity contribution is 7.14. The van der Waals surface area contributed by atoms with E-state index in [1.807, 2.05) is 36.7 Å². The van der Waals surface area contributed by atoms with Crippen molar-refractivity contribution in [2.24, 2.45) is 17.6 Å². The minimum Gasteiger partial charge on any atom is -0.504 e. The molecule has 101 heavy (non-hydrogen) atoms. The number of phenols is 1. The standard InChI is InChI=1S/C69H98N14O17S/c1-37-35-83-59(60(37)92)64(96)73-34-45(86)28-49(72-31-39-8-11-42(12-9-39)65-79-80-66(101-65)43-15-13-41(14-16-43)44-32-74-69(75-33-44)81-22-18-48(19-23-81)100-47-6-4-3-5-7-47)61(93)76-56(38(2)85)67(97)82-36-46(87)29-50(82)62(94)77-57(63(95)78-58(68(83)98)53(90)30-55(70)91)52(89)26-40-10-17-51(88)54(27-40)99-25-21-71-20-24-84/h10,13-17,27,32-33,37-39,42,45-50,52-53,56-60,71-72,84-90,92H,3-9,11-12,18-26,28-31,34-36H2,1-2H3,(H2,70,91)(H,73,96)(H,76,93)(H,77,94)(H,78,95)/t37-,38+,39?,42?,45+,46+,49-,50-,52+,53+,56-,57-,58-,59-,60-/m0/s1. The number of ether oxygens (including phenoxy) is 2. The molecule has 0 spiro atoms. The van der Waals surface area contributed by atoms with Crippen molar-refractivity contribution >= 4 is 58.6 Å². The van der Waals surface area contributed by atoms with Gasteiger partial charge in [-0.3, -0.25) is 33.6 Å². The number of aromatic nitrogens is 4. The number of rotatable bonds is 22. The first-order valence-electron chi connectivity index (χ1n) is 35.3. The SMILES string of the molecule is C[C@@H](O)[C@@H]1NC(=O)[C@@H](NCC2CCC(c3nnc(-c4ccc(-c5cnc(N6CCC(OC7CCCCC7)CC6)nc5)cc4)s3)CC2)C[C@@H](O)CNC(=O)[C@@H]2[C@@H](O)[C@@H](C)CN2C(=O)[C@H]([C@H](O)CC(N)=O)NC(=O)[C@H]([C@H](O)Cc2ccc(O)c(OCCNCCO)c2)NC(=O)[C@@H]2C[C@@H](O)CN2C1=O. The molecule has 31 nitrogen and oxygen atoms in total. The number of hydrogen-bond donors (Lipinski definition) is 15. The molecule has 0 radical (unpaired) electrons. The van der Waals surface area contributed by atoms with E-state index >= 15 is 0 Å². The third-order valence-corrected chi connectivity index (χ3v) is 21.3. The number of carbonyl (C=O) groups excluding carboxylic acids is 7. The van der Waals surface area contributed by atoms with Crippen molar-refractivity contribution in [3.8, 4) is 33.2 Å². The van der Waals surface area contributed by atoms with Crippen LogP contribution >= 0.6 is 11.3 Å². The van der Waals surface area contributed by atoms with Crippen LogP contribution in [0.4, 0.5) is 5.95 Å². The fourth-order valence-corrected chi connectivity index (χ4v) is 15.5. The number of hydrogen-bond acceptors (Lipinski definition) is 25. The van der Waals surface area contributed by atoms with Gasteiger partial charge < -0.3 is 103 Å². The molecule has 16 N–H and O–H groups in total. The minimum atomic E-state index is -2.15. The summed E-state index contributed by atoms with van der Waals surface area (Å²) < 4.78 is 12.1. The lowest BCUT2D eigenvalue weighted by atomic mass is 9.82. The van der Waals surface area contributed by atoms with E-state index in [-0.39, 0.29) is 74.4 Å². The fourth-order valence-electron chi connectivity index (χ4n) is 14.4. The number of primary amides is 1. The van der Waals surface area contributed by atoms with E-state index in [1.54, 1.807) is 0 Å². The molecule has 2 saturated carbocycles. The maximum absolute atomic E-state index is 14.8. The number of nitrogens with one attached hydrogen (secondary N) is 6. The third-order valence-electron chi connectivity index (χ3n) is 20.2. The van der Waals surface area contributed by atoms with Gasteiger partial charge in [0.2, 0.25) is 47.3 Å². The van der Waals surface area contributed by atoms with Gasteiger partial charge in [-0.15, -0.1) is 10.2 Å². The summed E-state index contributed by atoms with van der Waals surface area (Å²) in [5.41, 5.74) is 8.48. The van der Waals surface area contributed by atoms with E-state index in [9.17, 15) is 69.3 Å². The summed E-state index contributed by atoms with van der Waals surface area (Å²) >= 11 is 1.53. The number of aliphatic hydroxyl groups is 7. The Balaban J connectivity index is 0.821. The molecule has 2 aromatic heterocycles. The zero-order valence-corrected chi connectivity index (χ0v) is 57.9. The Kier molecular flexibility index (Phi) is 26.7. The zero-order chi connectivity index (χ0) is 72.0. The molecule has 2 aliphatic carbocycles. The summed E-state index contributed by atoms with van der Waals surface area (Å²) in [4.78, 5) is 114. The van der Waals surface area contributed by atoms with Gasteiger partial charge in [-0.1, -0.05) is 67.9 Å². The lowest BCUT2D eigenvalue weighted by Crippen LogP contribution is -2.64. The molecule has 2 aromatic carbocycles. The second-order valence-electron chi connectivity index (χ2n) is 27.8. The average molecular weight is 1430 g/mol. The normalized spacial score (nSPS) is 28.2. The maximum atomic E-state index is 14.8. The molecule has 7 amide bonds. The van der Waals surface area contributed by atoms with Crippen LogP contribution in [0.2, 0.25) is 0 Å². The van der Waals surface area contributed by atoms with Crippen LogP contribution in [0.25, 0.3) is 21.7 Å². The van der Waals surface area contributed by atoms with Gasteiger partial charge in [-0.2, -0.15) is 0 Å². The van der Waals surface area contributed by atoms with Crippen molar-refractivity contribution in [1.29, 1.82) is 0 Å². The number of piperidine rings is 1. The molecule has 552 valence electrons. The number of benzene rings is 2. The van der Waals surface area contributed by atoms with Crippen molar-refractivity contribution in [1.82, 2.24) is 61.9 Å². The molecular formula is C69H98N14O17S. The van der Waals surface area contributed by atoms with Crippen molar-refractivity contribution in [2.75, 3.05) is 70.5 Å². The average Bonchev–Trinajstić information content (AvgIpc) is 1.63. The van der Waals surface area contributed by atoms with Crippen molar-refractivity contribution in [2.45, 2.75) is 201 Å². The van der Waals surface area contributed by atoms with Crippen LogP contribution in [0, 0.1) is 11.8 Å². The predicted octanol–water partition coefficient (Wildman–Crippen LogP) is -1.40. The molecule has 0 bridgehead atoms. The molecule has 32 heteroatoms. The molecule has 6 aliphatic rings. The first-order valence-corrected chi connectivity index (χ1v) is 36.2. The van der Waals surface area contributed by atoms with Crippen LogP contribution < -0.4 is 47.3 Å². The van der Waals surface area contributed by atoms with Gasteiger partial charge in [0, 0.05) is 94.0 Å². The summed E-state index contributed by atoms with van der Waals surface area (Å²) in [6, 6.07) is 1.34. The molecular weight excluding hydrogens is 1330 g/mol. The van der Waals surface area contributed by atoms with Gasteiger partial charge in [0.05, 0.1) is 67.9 Å². The van der Waals surface area contributed by atoms with Crippen LogP contribution in [0.5, 0.6) is 11.5 Å². The first kappa shape index (κ1) is 76.0. The van der Waals surface area contributed by atoms with Crippen LogP contribution in [-0.2, 0) is 44.7 Å². The number of aliphatic hydroxyl groups excluding tert-OH is 7. The molecule has 10 rings (SSSR count). The van der Waals surface area contributed by atoms with Crippen LogP contribution in [0.15, 0.2) is 54.9 Å². The Labute approximate surface area is 589 Å². The quantitative estimate of drug-likeness (QED) is 0.0403. The van der Waals surface area contributed by atoms with Gasteiger partial charge in [0.1, 0.15) is 46.8 Å². The largest absolute Gasteiger partial charge is 0.504 e. The second kappa shape index (κ2) is 35.5. The summed E-state index contributed by atoms with van der Waals surface area (Å²) in [5.74, 6) is -8.03. The van der Waals surface area contributed by atoms with E-state index in [1.165, 1.54) is 62.6 Å². The van der Waals surface area contributed by atoms with Gasteiger partial charge in [0.25, 0.3) is 0 Å². The second-order valence-corrected chi connectivity index (χ2v) is 28.8. The first-order chi connectivity index (χ1) is 48.5. The Morgan fingerprint density at radius 3 is 2.10 bits per heavy atom. The number of amides is 7. The minimum absolute atomic E-state index is 0.00303. The number of fused-ring (bicyclic) bond motifs is 2. The van der Waals surface area contributed by atoms with Crippen molar-refractivity contribution in [3.05, 3.63) is 65.4 Å². The number of carbonyl (C=O) groups is 7. The maximum Gasteiger partial charge on any atom is 0.248 e. The Morgan fingerprint density at radius 1 is 0.733 bits per heavy atom. The van der Waals surface area contributed by atoms with Gasteiger partial charge in [-0.05, 0) is 100 Å². The van der Waals surface area contributed by atoms with Crippen LogP contribution in [-0.4, -0.2) is 263 Å². The zero-order valence-electron chi connectivity index (χ0n) is 57.1. The lowest BCUT2D eigenvalue weighted by molar-refractivity contribution is -0.147. The number of β-amino-alcohol motifs (C(OH)–C–C–N with tert-alkyl or cyclic N) is 1. The van der Waals surface area contributed by atoms with E-state index in [0.717, 1.165) is 88.1 Å². The molecule has 4 aliphatic heterocycles. The lowest BCUT2D eigenvalue weighted by Gasteiger charge is -2.34. The summed E-state index contributed by atoms with van der Waals surface area (Å²) in [6.07, 6.45) is 2.93. The van der Waals surface area contributed by atoms with Gasteiger partial charge in [0.15, 0.2) is 11.5 Å². The smallest absolute Gasteiger partial charge is 0.248 e. The van der Waals surface area contributed by atoms with E-state index < -0.39 is 159 Å². The third kappa shape index (κ3) is 19.8. The number of nitrogens with zero attached hydrogens (tertiary/aromatic N) is 7. The molecule has 0 unspecified atom stereocenters. The summed E-state index contributed by atoms with van der Waals surface area (Å²) in [5, 5.41) is 116. The van der Waals surface area contributed by atoms with Crippen molar-refractivity contribution < 1.29 is 83.9 Å². The highest BCUT2D eigenvalue weighted by Crippen LogP contribution is 2.39. The number of phenolic OH excluding ortho intramolecular Hbond substituents is 1. The van der Waals surface area contributed by atoms with E-state index in [2.05, 4.69) is 47.0 Å². The fraction of sp³-hybridized carbons (Fsp3) is 0.638. The number of aromatic hydroxyl groups is 1. The number of nitrogens with two attached hydrogens (primary N) is 1. The molecule has 4 aromatic rings. The molecule has 6 heterocycles. The Morgan fingerprint density at radius 2 is 1.41 bits per heavy atom. The molecule has 6 fully saturated rings. The van der Waals surface area contributed by atoms with Crippen molar-refractivity contribution in [3.63, 3.8) is 0 Å².